The maximum absolute atomic E-state index is 10.3. The summed E-state index contributed by atoms with van der Waals surface area (Å²) in [4.78, 5) is 10.3. The van der Waals surface area contributed by atoms with Gasteiger partial charge in [-0.25, -0.2) is 0 Å². The zero-order chi connectivity index (χ0) is 11.3. The van der Waals surface area contributed by atoms with Crippen LogP contribution in [0.15, 0.2) is 24.3 Å². The summed E-state index contributed by atoms with van der Waals surface area (Å²) in [5.41, 5.74) is 0.630. The van der Waals surface area contributed by atoms with Crippen molar-refractivity contribution in [3.63, 3.8) is 0 Å². The Balaban J connectivity index is 3.22. The Kier molecular flexibility index (Phi) is 4.18. The van der Waals surface area contributed by atoms with E-state index in [0.29, 0.717) is 28.4 Å². The van der Waals surface area contributed by atoms with Gasteiger partial charge in [-0.15, -0.1) is 0 Å². The lowest BCUT2D eigenvalue weighted by Gasteiger charge is -2.08. The van der Waals surface area contributed by atoms with Crippen molar-refractivity contribution in [2.24, 2.45) is 0 Å². The van der Waals surface area contributed by atoms with Gasteiger partial charge in [0.05, 0.1) is 19.3 Å². The molecular formula is C11H11ClO3. The van der Waals surface area contributed by atoms with Crippen LogP contribution in [0, 0.1) is 0 Å². The highest BCUT2D eigenvalue weighted by atomic mass is 35.5. The molecular weight excluding hydrogens is 216 g/mol. The number of carbonyl (C=O) groups is 1. The molecule has 0 saturated carbocycles. The first kappa shape index (κ1) is 11.6. The molecule has 0 aliphatic carbocycles. The average Bonchev–Trinajstić information content (AvgIpc) is 2.28. The van der Waals surface area contributed by atoms with Crippen molar-refractivity contribution < 1.29 is 14.3 Å². The van der Waals surface area contributed by atoms with E-state index in [2.05, 4.69) is 0 Å². The second kappa shape index (κ2) is 5.41. The predicted molar refractivity (Wildman–Crippen MR) is 59.4 cm³/mol. The molecule has 0 amide bonds. The van der Waals surface area contributed by atoms with Gasteiger partial charge in [0.25, 0.3) is 0 Å². The summed E-state index contributed by atoms with van der Waals surface area (Å²) in [7, 11) is 3.10. The Hall–Kier alpha value is -1.48. The number of ether oxygens (including phenoxy) is 2. The highest BCUT2D eigenvalue weighted by Gasteiger charge is 2.07. The monoisotopic (exact) mass is 226 g/mol. The first-order valence-corrected chi connectivity index (χ1v) is 4.64. The number of rotatable bonds is 4. The minimum atomic E-state index is 0.320. The highest BCUT2D eigenvalue weighted by Crippen LogP contribution is 2.31. The van der Waals surface area contributed by atoms with Crippen LogP contribution in [-0.2, 0) is 4.79 Å². The van der Waals surface area contributed by atoms with Gasteiger partial charge in [-0.3, -0.25) is 4.79 Å². The number of allylic oxidation sites excluding steroid dienone is 1. The minimum absolute atomic E-state index is 0.320. The number of methoxy groups -OCH3 is 2. The topological polar surface area (TPSA) is 35.5 Å². The molecule has 80 valence electrons. The molecule has 0 aliphatic heterocycles. The summed E-state index contributed by atoms with van der Waals surface area (Å²) in [5.74, 6) is 1.25. The Morgan fingerprint density at radius 2 is 2.07 bits per heavy atom. The molecule has 1 rings (SSSR count). The quantitative estimate of drug-likeness (QED) is 0.585. The standard InChI is InChI=1S/C11H11ClO3/c1-14-8-3-4-11(15-2)9(7-8)10(12)5-6-13/h3-7H,1-2H3. The zero-order valence-corrected chi connectivity index (χ0v) is 9.25. The lowest BCUT2D eigenvalue weighted by molar-refractivity contribution is -0.104. The summed E-state index contributed by atoms with van der Waals surface area (Å²) in [6.45, 7) is 0. The van der Waals surface area contributed by atoms with Gasteiger partial charge in [0, 0.05) is 5.56 Å². The van der Waals surface area contributed by atoms with E-state index < -0.39 is 0 Å². The molecule has 15 heavy (non-hydrogen) atoms. The van der Waals surface area contributed by atoms with E-state index in [9.17, 15) is 4.79 Å². The van der Waals surface area contributed by atoms with Crippen molar-refractivity contribution in [3.05, 3.63) is 29.8 Å². The molecule has 0 saturated heterocycles. The van der Waals surface area contributed by atoms with E-state index in [-0.39, 0.29) is 0 Å². The third-order valence-corrected chi connectivity index (χ3v) is 2.21. The summed E-state index contributed by atoms with van der Waals surface area (Å²) in [6.07, 6.45) is 1.89. The van der Waals surface area contributed by atoms with Crippen molar-refractivity contribution in [1.29, 1.82) is 0 Å². The van der Waals surface area contributed by atoms with Gasteiger partial charge in [0.15, 0.2) is 0 Å². The van der Waals surface area contributed by atoms with E-state index >= 15 is 0 Å². The zero-order valence-electron chi connectivity index (χ0n) is 8.49. The highest BCUT2D eigenvalue weighted by molar-refractivity contribution is 6.50. The number of hydrogen-bond acceptors (Lipinski definition) is 3. The van der Waals surface area contributed by atoms with E-state index in [4.69, 9.17) is 21.1 Å². The summed E-state index contributed by atoms with van der Waals surface area (Å²) in [6, 6.07) is 5.20. The van der Waals surface area contributed by atoms with Crippen LogP contribution in [0.3, 0.4) is 0 Å². The second-order valence-corrected chi connectivity index (χ2v) is 3.12. The molecule has 0 atom stereocenters. The molecule has 0 unspecified atom stereocenters. The normalized spacial score (nSPS) is 11.0. The summed E-state index contributed by atoms with van der Waals surface area (Å²) < 4.78 is 10.2. The van der Waals surface area contributed by atoms with Gasteiger partial charge < -0.3 is 9.47 Å². The van der Waals surface area contributed by atoms with Crippen LogP contribution in [0.5, 0.6) is 11.5 Å². The van der Waals surface area contributed by atoms with Crippen LogP contribution in [0.2, 0.25) is 0 Å². The summed E-state index contributed by atoms with van der Waals surface area (Å²) in [5, 5.41) is 0.320. The van der Waals surface area contributed by atoms with Gasteiger partial charge >= 0.3 is 0 Å². The fourth-order valence-corrected chi connectivity index (χ4v) is 1.35. The Morgan fingerprint density at radius 1 is 1.33 bits per heavy atom. The first-order chi connectivity index (χ1) is 7.22. The molecule has 0 spiro atoms. The third-order valence-electron chi connectivity index (χ3n) is 1.88. The van der Waals surface area contributed by atoms with E-state index in [1.165, 1.54) is 13.2 Å². The molecule has 0 radical (unpaired) electrons. The largest absolute Gasteiger partial charge is 0.497 e. The molecule has 0 bridgehead atoms. The number of halogens is 1. The molecule has 0 fully saturated rings. The number of benzene rings is 1. The Labute approximate surface area is 93.3 Å². The lowest BCUT2D eigenvalue weighted by atomic mass is 10.1. The van der Waals surface area contributed by atoms with E-state index in [1.807, 2.05) is 0 Å². The van der Waals surface area contributed by atoms with Gasteiger partial charge in [-0.2, -0.15) is 0 Å². The lowest BCUT2D eigenvalue weighted by Crippen LogP contribution is -1.91. The summed E-state index contributed by atoms with van der Waals surface area (Å²) >= 11 is 5.91. The first-order valence-electron chi connectivity index (χ1n) is 4.26. The molecule has 1 aromatic rings. The second-order valence-electron chi connectivity index (χ2n) is 2.72. The predicted octanol–water partition coefficient (Wildman–Crippen LogP) is 2.48. The molecule has 0 aromatic heterocycles. The Morgan fingerprint density at radius 3 is 2.60 bits per heavy atom. The maximum atomic E-state index is 10.3. The number of hydrogen-bond donors (Lipinski definition) is 0. The van der Waals surface area contributed by atoms with Crippen molar-refractivity contribution >= 4 is 22.9 Å². The fourth-order valence-electron chi connectivity index (χ4n) is 1.15. The van der Waals surface area contributed by atoms with Crippen LogP contribution in [0.4, 0.5) is 0 Å². The molecule has 1 aromatic carbocycles. The minimum Gasteiger partial charge on any atom is -0.497 e. The van der Waals surface area contributed by atoms with Crippen LogP contribution < -0.4 is 9.47 Å². The van der Waals surface area contributed by atoms with Crippen molar-refractivity contribution in [2.75, 3.05) is 14.2 Å². The molecule has 0 N–H and O–H groups in total. The Bertz CT molecular complexity index is 385. The van der Waals surface area contributed by atoms with Crippen LogP contribution in [0.25, 0.3) is 5.03 Å². The fraction of sp³-hybridized carbons (Fsp3) is 0.182. The van der Waals surface area contributed by atoms with Crippen molar-refractivity contribution in [3.8, 4) is 11.5 Å². The number of aldehydes is 1. The number of carbonyl (C=O) groups excluding carboxylic acids is 1. The van der Waals surface area contributed by atoms with Crippen LogP contribution in [-0.4, -0.2) is 20.5 Å². The van der Waals surface area contributed by atoms with Crippen LogP contribution >= 0.6 is 11.6 Å². The molecule has 3 nitrogen and oxygen atoms in total. The molecule has 4 heteroatoms. The van der Waals surface area contributed by atoms with Crippen LogP contribution in [0.1, 0.15) is 5.56 Å². The van der Waals surface area contributed by atoms with Crippen molar-refractivity contribution in [2.45, 2.75) is 0 Å². The van der Waals surface area contributed by atoms with E-state index in [1.54, 1.807) is 25.3 Å². The van der Waals surface area contributed by atoms with Crippen molar-refractivity contribution in [1.82, 2.24) is 0 Å². The third kappa shape index (κ3) is 2.73. The molecule has 0 aliphatic rings. The van der Waals surface area contributed by atoms with E-state index in [0.717, 1.165) is 0 Å². The van der Waals surface area contributed by atoms with Gasteiger partial charge in [0.2, 0.25) is 0 Å². The average molecular weight is 227 g/mol. The van der Waals surface area contributed by atoms with Gasteiger partial charge in [0.1, 0.15) is 17.8 Å². The SMILES string of the molecule is COc1ccc(OC)c(C(Cl)=CC=O)c1. The van der Waals surface area contributed by atoms with Gasteiger partial charge in [-0.1, -0.05) is 11.6 Å². The van der Waals surface area contributed by atoms with Gasteiger partial charge in [-0.05, 0) is 24.3 Å². The molecule has 0 heterocycles. The smallest absolute Gasteiger partial charge is 0.144 e. The maximum Gasteiger partial charge on any atom is 0.144 e.